The number of aromatic nitrogens is 2. The smallest absolute Gasteiger partial charge is 0.250 e. The molecule has 0 unspecified atom stereocenters. The fourth-order valence-electron chi connectivity index (χ4n) is 1.89. The second kappa shape index (κ2) is 6.56. The third kappa shape index (κ3) is 3.19. The first kappa shape index (κ1) is 15.1. The van der Waals surface area contributed by atoms with Crippen molar-refractivity contribution in [2.75, 3.05) is 5.32 Å². The van der Waals surface area contributed by atoms with E-state index in [2.05, 4.69) is 15.5 Å². The van der Waals surface area contributed by atoms with Crippen LogP contribution in [0.15, 0.2) is 30.3 Å². The van der Waals surface area contributed by atoms with E-state index in [1.165, 1.54) is 17.4 Å². The number of hydrogen-bond acceptors (Lipinski definition) is 5. The summed E-state index contributed by atoms with van der Waals surface area (Å²) in [7, 11) is 0. The molecule has 3 aromatic rings. The number of anilines is 1. The van der Waals surface area contributed by atoms with Crippen molar-refractivity contribution in [1.29, 1.82) is 0 Å². The Labute approximate surface area is 140 Å². The summed E-state index contributed by atoms with van der Waals surface area (Å²) >= 11 is 9.26. The zero-order valence-electron chi connectivity index (χ0n) is 11.7. The van der Waals surface area contributed by atoms with E-state index in [1.54, 1.807) is 17.4 Å². The van der Waals surface area contributed by atoms with Crippen molar-refractivity contribution in [3.63, 3.8) is 0 Å². The highest BCUT2D eigenvalue weighted by Gasteiger charge is 2.08. The highest BCUT2D eigenvalue weighted by Crippen LogP contribution is 2.35. The van der Waals surface area contributed by atoms with Crippen LogP contribution in [0.3, 0.4) is 0 Å². The van der Waals surface area contributed by atoms with Crippen molar-refractivity contribution in [3.05, 3.63) is 45.2 Å². The third-order valence-electron chi connectivity index (χ3n) is 2.95. The molecule has 112 valence electrons. The van der Waals surface area contributed by atoms with Crippen LogP contribution in [0.25, 0.3) is 16.2 Å². The van der Waals surface area contributed by atoms with Crippen molar-refractivity contribution in [1.82, 2.24) is 10.2 Å². The van der Waals surface area contributed by atoms with Gasteiger partial charge in [-0.25, -0.2) is 0 Å². The first-order valence-corrected chi connectivity index (χ1v) is 8.67. The molecule has 0 atom stereocenters. The molecular weight excluding hydrogens is 338 g/mol. The predicted molar refractivity (Wildman–Crippen MR) is 93.8 cm³/mol. The number of nitrogens with zero attached hydrogens (tertiary/aromatic N) is 2. The maximum absolute atomic E-state index is 11.9. The number of fused-ring (bicyclic) bond motifs is 1. The Kier molecular flexibility index (Phi) is 4.52. The lowest BCUT2D eigenvalue weighted by Gasteiger charge is -1.94. The quantitative estimate of drug-likeness (QED) is 0.699. The van der Waals surface area contributed by atoms with E-state index in [1.807, 2.05) is 31.2 Å². The summed E-state index contributed by atoms with van der Waals surface area (Å²) < 4.78 is 1.10. The molecule has 0 aliphatic carbocycles. The third-order valence-corrected chi connectivity index (χ3v) is 5.58. The summed E-state index contributed by atoms with van der Waals surface area (Å²) in [6.45, 7) is 2.00. The van der Waals surface area contributed by atoms with E-state index in [9.17, 15) is 4.79 Å². The number of nitrogens with one attached hydrogen (secondary N) is 1. The summed E-state index contributed by atoms with van der Waals surface area (Å²) in [6, 6.07) is 7.90. The first-order chi connectivity index (χ1) is 10.7. The molecule has 2 aromatic heterocycles. The Morgan fingerprint density at radius 3 is 2.86 bits per heavy atom. The van der Waals surface area contributed by atoms with Gasteiger partial charge in [0.2, 0.25) is 11.0 Å². The van der Waals surface area contributed by atoms with E-state index in [0.717, 1.165) is 26.4 Å². The Bertz CT molecular complexity index is 853. The first-order valence-electron chi connectivity index (χ1n) is 6.66. The molecule has 0 aliphatic rings. The molecule has 0 spiro atoms. The van der Waals surface area contributed by atoms with E-state index in [-0.39, 0.29) is 5.91 Å². The number of aryl methyl sites for hydroxylation is 1. The summed E-state index contributed by atoms with van der Waals surface area (Å²) in [5.74, 6) is -0.243. The van der Waals surface area contributed by atoms with Crippen LogP contribution in [0.4, 0.5) is 5.13 Å². The van der Waals surface area contributed by atoms with Gasteiger partial charge >= 0.3 is 0 Å². The largest absolute Gasteiger partial charge is 0.297 e. The average Bonchev–Trinajstić information content (AvgIpc) is 3.10. The van der Waals surface area contributed by atoms with Gasteiger partial charge in [-0.05, 0) is 18.6 Å². The molecule has 4 nitrogen and oxygen atoms in total. The number of hydrogen-bond donors (Lipinski definition) is 1. The van der Waals surface area contributed by atoms with Crippen LogP contribution >= 0.6 is 34.3 Å². The molecule has 0 saturated heterocycles. The molecule has 0 bridgehead atoms. The summed E-state index contributed by atoms with van der Waals surface area (Å²) in [4.78, 5) is 12.8. The normalized spacial score (nSPS) is 11.4. The molecule has 0 aliphatic heterocycles. The summed E-state index contributed by atoms with van der Waals surface area (Å²) in [6.07, 6.45) is 3.99. The second-order valence-corrected chi connectivity index (χ2v) is 6.98. The van der Waals surface area contributed by atoms with Crippen LogP contribution in [0, 0.1) is 0 Å². The van der Waals surface area contributed by atoms with Gasteiger partial charge in [0, 0.05) is 21.0 Å². The fraction of sp³-hybridized carbons (Fsp3) is 0.133. The van der Waals surface area contributed by atoms with Gasteiger partial charge < -0.3 is 0 Å². The molecule has 1 amide bonds. The fourth-order valence-corrected chi connectivity index (χ4v) is 3.97. The van der Waals surface area contributed by atoms with Crippen LogP contribution in [-0.2, 0) is 11.2 Å². The zero-order chi connectivity index (χ0) is 15.5. The van der Waals surface area contributed by atoms with Gasteiger partial charge in [-0.15, -0.1) is 21.5 Å². The van der Waals surface area contributed by atoms with Crippen LogP contribution in [0.1, 0.15) is 16.8 Å². The molecule has 0 saturated carbocycles. The monoisotopic (exact) mass is 349 g/mol. The number of thiophene rings is 1. The molecule has 22 heavy (non-hydrogen) atoms. The summed E-state index contributed by atoms with van der Waals surface area (Å²) in [5, 5.41) is 13.7. The highest BCUT2D eigenvalue weighted by atomic mass is 35.5. The van der Waals surface area contributed by atoms with Crippen LogP contribution < -0.4 is 5.32 Å². The molecule has 0 fully saturated rings. The van der Waals surface area contributed by atoms with Crippen LogP contribution in [0.2, 0.25) is 5.02 Å². The SMILES string of the molecule is CCc1nnc(NC(=O)/C=C/c2sc3ccccc3c2Cl)s1. The minimum absolute atomic E-state index is 0.243. The van der Waals surface area contributed by atoms with Gasteiger partial charge in [0.1, 0.15) is 5.01 Å². The minimum atomic E-state index is -0.243. The van der Waals surface area contributed by atoms with E-state index in [0.29, 0.717) is 10.2 Å². The molecule has 3 rings (SSSR count). The lowest BCUT2D eigenvalue weighted by molar-refractivity contribution is -0.111. The number of halogens is 1. The van der Waals surface area contributed by atoms with Gasteiger partial charge in [-0.2, -0.15) is 0 Å². The van der Waals surface area contributed by atoms with E-state index < -0.39 is 0 Å². The number of rotatable bonds is 4. The topological polar surface area (TPSA) is 54.9 Å². The summed E-state index contributed by atoms with van der Waals surface area (Å²) in [5.41, 5.74) is 0. The van der Waals surface area contributed by atoms with Crippen LogP contribution in [0.5, 0.6) is 0 Å². The number of amides is 1. The molecule has 1 N–H and O–H groups in total. The molecule has 1 aromatic carbocycles. The molecule has 2 heterocycles. The maximum atomic E-state index is 11.9. The van der Waals surface area contributed by atoms with Crippen LogP contribution in [-0.4, -0.2) is 16.1 Å². The Hall–Kier alpha value is -1.76. The van der Waals surface area contributed by atoms with Gasteiger partial charge in [0.05, 0.1) is 5.02 Å². The number of benzene rings is 1. The lowest BCUT2D eigenvalue weighted by atomic mass is 10.2. The Balaban J connectivity index is 1.74. The molecule has 0 radical (unpaired) electrons. The lowest BCUT2D eigenvalue weighted by Crippen LogP contribution is -2.07. The van der Waals surface area contributed by atoms with Crippen molar-refractivity contribution in [3.8, 4) is 0 Å². The van der Waals surface area contributed by atoms with Gasteiger partial charge in [0.15, 0.2) is 0 Å². The Morgan fingerprint density at radius 2 is 2.14 bits per heavy atom. The maximum Gasteiger partial charge on any atom is 0.250 e. The van der Waals surface area contributed by atoms with Crippen molar-refractivity contribution < 1.29 is 4.79 Å². The van der Waals surface area contributed by atoms with E-state index >= 15 is 0 Å². The number of carbonyl (C=O) groups is 1. The minimum Gasteiger partial charge on any atom is -0.297 e. The van der Waals surface area contributed by atoms with E-state index in [4.69, 9.17) is 11.6 Å². The Morgan fingerprint density at radius 1 is 1.32 bits per heavy atom. The van der Waals surface area contributed by atoms with Crippen molar-refractivity contribution in [2.24, 2.45) is 0 Å². The predicted octanol–water partition coefficient (Wildman–Crippen LogP) is 4.62. The molecular formula is C15H12ClN3OS2. The highest BCUT2D eigenvalue weighted by molar-refractivity contribution is 7.20. The average molecular weight is 350 g/mol. The molecule has 7 heteroatoms. The van der Waals surface area contributed by atoms with Crippen molar-refractivity contribution >= 4 is 61.5 Å². The van der Waals surface area contributed by atoms with Gasteiger partial charge in [-0.1, -0.05) is 48.1 Å². The van der Waals surface area contributed by atoms with Crippen molar-refractivity contribution in [2.45, 2.75) is 13.3 Å². The second-order valence-electron chi connectivity index (χ2n) is 4.45. The van der Waals surface area contributed by atoms with Gasteiger partial charge in [-0.3, -0.25) is 10.1 Å². The van der Waals surface area contributed by atoms with Gasteiger partial charge in [0.25, 0.3) is 0 Å². The number of carbonyl (C=O) groups excluding carboxylic acids is 1. The zero-order valence-corrected chi connectivity index (χ0v) is 14.1. The standard InChI is InChI=1S/C15H12ClN3OS2/c1-2-13-18-19-15(22-13)17-12(20)8-7-11-14(16)9-5-3-4-6-10(9)21-11/h3-8H,2H2,1H3,(H,17,19,20)/b8-7+.